The number of amides is 1. The van der Waals surface area contributed by atoms with Crippen LogP contribution < -0.4 is 5.32 Å². The molecule has 3 heteroatoms. The van der Waals surface area contributed by atoms with Gasteiger partial charge in [-0.25, -0.2) is 0 Å². The Labute approximate surface area is 82.8 Å². The van der Waals surface area contributed by atoms with Crippen molar-refractivity contribution in [2.24, 2.45) is 0 Å². The Bertz CT molecular complexity index is 369. The van der Waals surface area contributed by atoms with Crippen molar-refractivity contribution in [2.45, 2.75) is 25.3 Å². The van der Waals surface area contributed by atoms with E-state index in [4.69, 9.17) is 0 Å². The summed E-state index contributed by atoms with van der Waals surface area (Å²) in [6.07, 6.45) is 1.81. The summed E-state index contributed by atoms with van der Waals surface area (Å²) in [5, 5.41) is 12.5. The van der Waals surface area contributed by atoms with Crippen LogP contribution in [0.25, 0.3) is 0 Å². The van der Waals surface area contributed by atoms with Crippen LogP contribution in [0.1, 0.15) is 25.3 Å². The van der Waals surface area contributed by atoms with Gasteiger partial charge in [-0.1, -0.05) is 18.2 Å². The van der Waals surface area contributed by atoms with Crippen LogP contribution in [0.4, 0.5) is 0 Å². The van der Waals surface area contributed by atoms with E-state index in [1.54, 1.807) is 12.1 Å². The Morgan fingerprint density at radius 1 is 1.43 bits per heavy atom. The smallest absolute Gasteiger partial charge is 0.217 e. The third-order valence-electron chi connectivity index (χ3n) is 2.58. The van der Waals surface area contributed by atoms with E-state index < -0.39 is 0 Å². The molecule has 2 rings (SSSR count). The fourth-order valence-electron chi connectivity index (χ4n) is 1.80. The number of aromatic hydroxyl groups is 1. The molecule has 0 aliphatic heterocycles. The van der Waals surface area contributed by atoms with Crippen LogP contribution in [0.2, 0.25) is 0 Å². The van der Waals surface area contributed by atoms with Crippen LogP contribution in [-0.4, -0.2) is 11.0 Å². The molecule has 1 aromatic rings. The van der Waals surface area contributed by atoms with Crippen molar-refractivity contribution in [1.82, 2.24) is 5.32 Å². The molecule has 0 aromatic heterocycles. The summed E-state index contributed by atoms with van der Waals surface area (Å²) in [6, 6.07) is 7.16. The van der Waals surface area contributed by atoms with Crippen molar-refractivity contribution in [3.63, 3.8) is 0 Å². The van der Waals surface area contributed by atoms with Gasteiger partial charge in [0.15, 0.2) is 0 Å². The Hall–Kier alpha value is -1.51. The summed E-state index contributed by atoms with van der Waals surface area (Å²) in [5.41, 5.74) is 0.534. The third-order valence-corrected chi connectivity index (χ3v) is 2.58. The van der Waals surface area contributed by atoms with E-state index >= 15 is 0 Å². The van der Waals surface area contributed by atoms with E-state index in [0.717, 1.165) is 18.4 Å². The van der Waals surface area contributed by atoms with Gasteiger partial charge < -0.3 is 10.4 Å². The van der Waals surface area contributed by atoms with Crippen molar-refractivity contribution >= 4 is 5.91 Å². The maximum atomic E-state index is 11.0. The SMILES string of the molecule is CC(=O)NC1(c2ccccc2O)CC1. The molecule has 1 aliphatic carbocycles. The number of carbonyl (C=O) groups is 1. The minimum absolute atomic E-state index is 0.0502. The number of benzene rings is 1. The standard InChI is InChI=1S/C11H13NO2/c1-8(13)12-11(6-7-11)9-4-2-3-5-10(9)14/h2-5,14H,6-7H2,1H3,(H,12,13). The molecule has 0 saturated heterocycles. The normalized spacial score (nSPS) is 17.5. The molecule has 0 heterocycles. The second-order valence-corrected chi connectivity index (χ2v) is 3.78. The largest absolute Gasteiger partial charge is 0.508 e. The average Bonchev–Trinajstić information content (AvgIpc) is 2.85. The first-order chi connectivity index (χ1) is 6.64. The van der Waals surface area contributed by atoms with E-state index in [0.29, 0.717) is 0 Å². The van der Waals surface area contributed by atoms with Gasteiger partial charge in [-0.15, -0.1) is 0 Å². The van der Waals surface area contributed by atoms with Crippen molar-refractivity contribution in [3.8, 4) is 5.75 Å². The summed E-state index contributed by atoms with van der Waals surface area (Å²) in [6.45, 7) is 1.50. The predicted octanol–water partition coefficient (Wildman–Crippen LogP) is 1.52. The Balaban J connectivity index is 2.31. The molecule has 14 heavy (non-hydrogen) atoms. The predicted molar refractivity (Wildman–Crippen MR) is 52.8 cm³/mol. The van der Waals surface area contributed by atoms with Crippen LogP contribution in [0, 0.1) is 0 Å². The molecule has 0 spiro atoms. The highest BCUT2D eigenvalue weighted by Gasteiger charge is 2.46. The highest BCUT2D eigenvalue weighted by Crippen LogP contribution is 2.48. The van der Waals surface area contributed by atoms with Crippen molar-refractivity contribution < 1.29 is 9.90 Å². The lowest BCUT2D eigenvalue weighted by Gasteiger charge is -2.17. The van der Waals surface area contributed by atoms with Crippen LogP contribution in [0.15, 0.2) is 24.3 Å². The van der Waals surface area contributed by atoms with Gasteiger partial charge in [-0.05, 0) is 18.9 Å². The summed E-state index contributed by atoms with van der Waals surface area (Å²) in [4.78, 5) is 11.0. The number of hydrogen-bond donors (Lipinski definition) is 2. The van der Waals surface area contributed by atoms with Gasteiger partial charge in [0.05, 0.1) is 5.54 Å². The van der Waals surface area contributed by atoms with Gasteiger partial charge in [-0.2, -0.15) is 0 Å². The molecule has 0 atom stereocenters. The fourth-order valence-corrected chi connectivity index (χ4v) is 1.80. The lowest BCUT2D eigenvalue weighted by molar-refractivity contribution is -0.120. The van der Waals surface area contributed by atoms with Crippen LogP contribution >= 0.6 is 0 Å². The lowest BCUT2D eigenvalue weighted by atomic mass is 10.0. The Morgan fingerprint density at radius 2 is 2.07 bits per heavy atom. The lowest BCUT2D eigenvalue weighted by Crippen LogP contribution is -2.32. The van der Waals surface area contributed by atoms with E-state index in [1.807, 2.05) is 12.1 Å². The van der Waals surface area contributed by atoms with E-state index in [-0.39, 0.29) is 17.2 Å². The zero-order valence-electron chi connectivity index (χ0n) is 8.08. The van der Waals surface area contributed by atoms with Crippen LogP contribution in [-0.2, 0) is 10.3 Å². The zero-order chi connectivity index (χ0) is 10.2. The molecular weight excluding hydrogens is 178 g/mol. The van der Waals surface area contributed by atoms with Gasteiger partial charge in [0.25, 0.3) is 0 Å². The van der Waals surface area contributed by atoms with Crippen molar-refractivity contribution in [3.05, 3.63) is 29.8 Å². The number of rotatable bonds is 2. The van der Waals surface area contributed by atoms with Crippen LogP contribution in [0.5, 0.6) is 5.75 Å². The molecule has 2 N–H and O–H groups in total. The first-order valence-electron chi connectivity index (χ1n) is 4.71. The molecular formula is C11H13NO2. The summed E-state index contributed by atoms with van der Waals surface area (Å²) in [5.74, 6) is 0.213. The van der Waals surface area contributed by atoms with Gasteiger partial charge in [-0.3, -0.25) is 4.79 Å². The monoisotopic (exact) mass is 191 g/mol. The molecule has 1 aromatic carbocycles. The van der Waals surface area contributed by atoms with E-state index in [2.05, 4.69) is 5.32 Å². The number of phenolic OH excluding ortho intramolecular Hbond substituents is 1. The maximum absolute atomic E-state index is 11.0. The highest BCUT2D eigenvalue weighted by molar-refractivity contribution is 5.75. The summed E-state index contributed by atoms with van der Waals surface area (Å²) >= 11 is 0. The molecule has 1 aliphatic rings. The molecule has 3 nitrogen and oxygen atoms in total. The third kappa shape index (κ3) is 1.45. The van der Waals surface area contributed by atoms with E-state index in [1.165, 1.54) is 6.92 Å². The maximum Gasteiger partial charge on any atom is 0.217 e. The van der Waals surface area contributed by atoms with Gasteiger partial charge in [0, 0.05) is 12.5 Å². The van der Waals surface area contributed by atoms with Crippen molar-refractivity contribution in [2.75, 3.05) is 0 Å². The molecule has 1 amide bonds. The Kier molecular flexibility index (Phi) is 1.95. The first-order valence-corrected chi connectivity index (χ1v) is 4.71. The number of para-hydroxylation sites is 1. The van der Waals surface area contributed by atoms with Crippen molar-refractivity contribution in [1.29, 1.82) is 0 Å². The second-order valence-electron chi connectivity index (χ2n) is 3.78. The molecule has 0 radical (unpaired) electrons. The average molecular weight is 191 g/mol. The molecule has 1 saturated carbocycles. The number of carbonyl (C=O) groups excluding carboxylic acids is 1. The van der Waals surface area contributed by atoms with Gasteiger partial charge in [0.1, 0.15) is 5.75 Å². The molecule has 0 unspecified atom stereocenters. The van der Waals surface area contributed by atoms with Gasteiger partial charge >= 0.3 is 0 Å². The second kappa shape index (κ2) is 3.01. The fraction of sp³-hybridized carbons (Fsp3) is 0.364. The number of phenols is 1. The van der Waals surface area contributed by atoms with Crippen LogP contribution in [0.3, 0.4) is 0 Å². The number of hydrogen-bond acceptors (Lipinski definition) is 2. The minimum atomic E-state index is -0.294. The number of nitrogens with one attached hydrogen (secondary N) is 1. The Morgan fingerprint density at radius 3 is 2.57 bits per heavy atom. The zero-order valence-corrected chi connectivity index (χ0v) is 8.08. The highest BCUT2D eigenvalue weighted by atomic mass is 16.3. The van der Waals surface area contributed by atoms with E-state index in [9.17, 15) is 9.90 Å². The first kappa shape index (κ1) is 9.06. The molecule has 1 fully saturated rings. The molecule has 74 valence electrons. The van der Waals surface area contributed by atoms with Gasteiger partial charge in [0.2, 0.25) is 5.91 Å². The minimum Gasteiger partial charge on any atom is -0.508 e. The molecule has 0 bridgehead atoms. The topological polar surface area (TPSA) is 49.3 Å². The summed E-state index contributed by atoms with van der Waals surface area (Å²) < 4.78 is 0. The quantitative estimate of drug-likeness (QED) is 0.744. The summed E-state index contributed by atoms with van der Waals surface area (Å²) in [7, 11) is 0.